The van der Waals surface area contributed by atoms with Crippen LogP contribution in [-0.4, -0.2) is 10.9 Å². The van der Waals surface area contributed by atoms with E-state index in [9.17, 15) is 4.79 Å². The fourth-order valence-corrected chi connectivity index (χ4v) is 3.30. The third-order valence-electron chi connectivity index (χ3n) is 3.75. The molecule has 1 N–H and O–H groups in total. The highest BCUT2D eigenvalue weighted by atomic mass is 32.1. The Kier molecular flexibility index (Phi) is 4.26. The summed E-state index contributed by atoms with van der Waals surface area (Å²) < 4.78 is 0. The molecular formula is C19H18N2OS. The topological polar surface area (TPSA) is 42.0 Å². The van der Waals surface area contributed by atoms with Crippen molar-refractivity contribution < 1.29 is 4.79 Å². The molecule has 0 aliphatic heterocycles. The van der Waals surface area contributed by atoms with Crippen LogP contribution in [0.5, 0.6) is 0 Å². The molecule has 0 fully saturated rings. The summed E-state index contributed by atoms with van der Waals surface area (Å²) in [6, 6.07) is 15.8. The average molecular weight is 322 g/mol. The van der Waals surface area contributed by atoms with E-state index in [1.165, 1.54) is 5.56 Å². The number of aryl methyl sites for hydroxylation is 3. The van der Waals surface area contributed by atoms with Crippen LogP contribution in [-0.2, 0) is 0 Å². The van der Waals surface area contributed by atoms with Gasteiger partial charge in [-0.2, -0.15) is 0 Å². The fourth-order valence-electron chi connectivity index (χ4n) is 2.38. The second-order valence-corrected chi connectivity index (χ2v) is 6.73. The fraction of sp³-hybridized carbons (Fsp3) is 0.158. The number of rotatable bonds is 3. The summed E-state index contributed by atoms with van der Waals surface area (Å²) >= 11 is 1.54. The molecule has 0 saturated carbocycles. The van der Waals surface area contributed by atoms with Crippen LogP contribution >= 0.6 is 11.3 Å². The number of aromatic nitrogens is 1. The van der Waals surface area contributed by atoms with Crippen LogP contribution in [0.3, 0.4) is 0 Å². The summed E-state index contributed by atoms with van der Waals surface area (Å²) in [5.41, 5.74) is 4.65. The van der Waals surface area contributed by atoms with Gasteiger partial charge in [0.1, 0.15) is 5.69 Å². The molecule has 4 heteroatoms. The van der Waals surface area contributed by atoms with Crippen molar-refractivity contribution >= 4 is 22.9 Å². The Bertz CT molecular complexity index is 853. The van der Waals surface area contributed by atoms with Crippen molar-refractivity contribution in [2.75, 3.05) is 5.32 Å². The van der Waals surface area contributed by atoms with Gasteiger partial charge >= 0.3 is 0 Å². The summed E-state index contributed by atoms with van der Waals surface area (Å²) in [5, 5.41) is 3.84. The van der Waals surface area contributed by atoms with Gasteiger partial charge < -0.3 is 5.32 Å². The van der Waals surface area contributed by atoms with Crippen molar-refractivity contribution in [1.29, 1.82) is 0 Å². The van der Waals surface area contributed by atoms with Gasteiger partial charge in [0.05, 0.1) is 9.88 Å². The lowest BCUT2D eigenvalue weighted by Crippen LogP contribution is -2.13. The number of thiazole rings is 1. The number of hydrogen-bond acceptors (Lipinski definition) is 3. The molecule has 23 heavy (non-hydrogen) atoms. The minimum absolute atomic E-state index is 0.170. The molecule has 0 aliphatic rings. The first-order valence-electron chi connectivity index (χ1n) is 7.46. The number of hydrogen-bond donors (Lipinski definition) is 1. The van der Waals surface area contributed by atoms with E-state index in [0.29, 0.717) is 5.69 Å². The van der Waals surface area contributed by atoms with Gasteiger partial charge in [-0.1, -0.05) is 36.4 Å². The number of benzene rings is 2. The minimum Gasteiger partial charge on any atom is -0.321 e. The predicted octanol–water partition coefficient (Wildman–Crippen LogP) is 4.99. The van der Waals surface area contributed by atoms with Gasteiger partial charge in [0.25, 0.3) is 5.91 Å². The lowest BCUT2D eigenvalue weighted by molar-refractivity contribution is 0.102. The number of amides is 1. The largest absolute Gasteiger partial charge is 0.321 e. The van der Waals surface area contributed by atoms with Crippen LogP contribution in [0.25, 0.3) is 10.4 Å². The third kappa shape index (κ3) is 3.32. The van der Waals surface area contributed by atoms with E-state index < -0.39 is 0 Å². The van der Waals surface area contributed by atoms with E-state index in [1.54, 1.807) is 11.3 Å². The van der Waals surface area contributed by atoms with Crippen molar-refractivity contribution in [2.45, 2.75) is 20.8 Å². The number of carbonyl (C=O) groups is 1. The van der Waals surface area contributed by atoms with E-state index in [0.717, 1.165) is 26.7 Å². The Labute approximate surface area is 140 Å². The molecule has 0 atom stereocenters. The number of anilines is 1. The molecule has 116 valence electrons. The molecule has 0 unspecified atom stereocenters. The predicted molar refractivity (Wildman–Crippen MR) is 96.2 cm³/mol. The van der Waals surface area contributed by atoms with Crippen molar-refractivity contribution in [1.82, 2.24) is 4.98 Å². The molecule has 0 bridgehead atoms. The Hall–Kier alpha value is -2.46. The van der Waals surface area contributed by atoms with Gasteiger partial charge in [-0.15, -0.1) is 11.3 Å². The van der Waals surface area contributed by atoms with E-state index in [1.807, 2.05) is 62.4 Å². The molecule has 0 radical (unpaired) electrons. The molecule has 3 aromatic rings. The normalized spacial score (nSPS) is 10.6. The SMILES string of the molecule is Cc1nc(C(=O)Nc2ccc(C)c(C)c2)c(-c2ccccc2)s1. The third-order valence-corrected chi connectivity index (χ3v) is 4.77. The summed E-state index contributed by atoms with van der Waals surface area (Å²) in [5.74, 6) is -0.170. The standard InChI is InChI=1S/C19H18N2OS/c1-12-9-10-16(11-13(12)2)21-19(22)17-18(23-14(3)20-17)15-7-5-4-6-8-15/h4-11H,1-3H3,(H,21,22). The van der Waals surface area contributed by atoms with Gasteiger partial charge in [-0.05, 0) is 49.6 Å². The number of carbonyl (C=O) groups excluding carboxylic acids is 1. The van der Waals surface area contributed by atoms with Crippen molar-refractivity contribution in [3.05, 3.63) is 70.4 Å². The van der Waals surface area contributed by atoms with Crippen LogP contribution in [0.15, 0.2) is 48.5 Å². The molecule has 1 heterocycles. The van der Waals surface area contributed by atoms with Gasteiger partial charge in [0.2, 0.25) is 0 Å². The molecule has 2 aromatic carbocycles. The summed E-state index contributed by atoms with van der Waals surface area (Å²) in [6.45, 7) is 6.01. The second kappa shape index (κ2) is 6.34. The molecule has 3 nitrogen and oxygen atoms in total. The molecule has 0 saturated heterocycles. The molecule has 1 amide bonds. The Balaban J connectivity index is 1.92. The zero-order chi connectivity index (χ0) is 16.4. The Morgan fingerprint density at radius 3 is 2.43 bits per heavy atom. The van der Waals surface area contributed by atoms with Crippen LogP contribution in [0.4, 0.5) is 5.69 Å². The summed E-state index contributed by atoms with van der Waals surface area (Å²) in [6.07, 6.45) is 0. The quantitative estimate of drug-likeness (QED) is 0.738. The smallest absolute Gasteiger partial charge is 0.275 e. The maximum Gasteiger partial charge on any atom is 0.275 e. The second-order valence-electron chi connectivity index (χ2n) is 5.53. The molecule has 3 rings (SSSR count). The summed E-state index contributed by atoms with van der Waals surface area (Å²) in [7, 11) is 0. The maximum atomic E-state index is 12.7. The Morgan fingerprint density at radius 1 is 1.00 bits per heavy atom. The molecular weight excluding hydrogens is 304 g/mol. The molecule has 0 aliphatic carbocycles. The number of nitrogens with one attached hydrogen (secondary N) is 1. The van der Waals surface area contributed by atoms with Gasteiger partial charge in [-0.3, -0.25) is 4.79 Å². The molecule has 0 spiro atoms. The Morgan fingerprint density at radius 2 is 1.74 bits per heavy atom. The van der Waals surface area contributed by atoms with E-state index in [2.05, 4.69) is 17.2 Å². The molecule has 1 aromatic heterocycles. The van der Waals surface area contributed by atoms with Crippen molar-refractivity contribution in [3.63, 3.8) is 0 Å². The first-order valence-corrected chi connectivity index (χ1v) is 8.27. The number of nitrogens with zero attached hydrogens (tertiary/aromatic N) is 1. The van der Waals surface area contributed by atoms with Crippen LogP contribution in [0.1, 0.15) is 26.6 Å². The average Bonchev–Trinajstić information content (AvgIpc) is 2.94. The van der Waals surface area contributed by atoms with Gasteiger partial charge in [0, 0.05) is 5.69 Å². The maximum absolute atomic E-state index is 12.7. The van der Waals surface area contributed by atoms with Crippen molar-refractivity contribution in [2.24, 2.45) is 0 Å². The lowest BCUT2D eigenvalue weighted by atomic mass is 10.1. The zero-order valence-corrected chi connectivity index (χ0v) is 14.2. The highest BCUT2D eigenvalue weighted by Crippen LogP contribution is 2.30. The minimum atomic E-state index is -0.170. The van der Waals surface area contributed by atoms with Crippen LogP contribution in [0, 0.1) is 20.8 Å². The van der Waals surface area contributed by atoms with Crippen LogP contribution < -0.4 is 5.32 Å². The lowest BCUT2D eigenvalue weighted by Gasteiger charge is -2.07. The van der Waals surface area contributed by atoms with E-state index in [4.69, 9.17) is 0 Å². The van der Waals surface area contributed by atoms with Crippen molar-refractivity contribution in [3.8, 4) is 10.4 Å². The van der Waals surface area contributed by atoms with Gasteiger partial charge in [0.15, 0.2) is 0 Å². The van der Waals surface area contributed by atoms with E-state index >= 15 is 0 Å². The van der Waals surface area contributed by atoms with Crippen LogP contribution in [0.2, 0.25) is 0 Å². The highest BCUT2D eigenvalue weighted by Gasteiger charge is 2.18. The zero-order valence-electron chi connectivity index (χ0n) is 13.4. The summed E-state index contributed by atoms with van der Waals surface area (Å²) in [4.78, 5) is 18.0. The monoisotopic (exact) mass is 322 g/mol. The first-order chi connectivity index (χ1) is 11.0. The first kappa shape index (κ1) is 15.4. The van der Waals surface area contributed by atoms with Gasteiger partial charge in [-0.25, -0.2) is 4.98 Å². The highest BCUT2D eigenvalue weighted by molar-refractivity contribution is 7.15. The van der Waals surface area contributed by atoms with E-state index in [-0.39, 0.29) is 5.91 Å².